The van der Waals surface area contributed by atoms with Crippen LogP contribution >= 0.6 is 0 Å². The van der Waals surface area contributed by atoms with Gasteiger partial charge in [-0.3, -0.25) is 0 Å². The molecule has 1 radical (unpaired) electrons. The molecule has 0 saturated heterocycles. The van der Waals surface area contributed by atoms with E-state index in [0.717, 1.165) is 25.7 Å². The van der Waals surface area contributed by atoms with E-state index in [4.69, 9.17) is 0 Å². The summed E-state index contributed by atoms with van der Waals surface area (Å²) >= 11 is 0. The largest absolute Gasteiger partial charge is 0.0619 e. The van der Waals surface area contributed by atoms with Gasteiger partial charge in [0.2, 0.25) is 0 Å². The summed E-state index contributed by atoms with van der Waals surface area (Å²) in [5, 5.41) is 0. The van der Waals surface area contributed by atoms with Crippen molar-refractivity contribution < 1.29 is 0 Å². The van der Waals surface area contributed by atoms with Crippen molar-refractivity contribution in [3.05, 3.63) is 64.1 Å². The van der Waals surface area contributed by atoms with Gasteiger partial charge in [0, 0.05) is 6.42 Å². The fourth-order valence-electron chi connectivity index (χ4n) is 4.11. The molecule has 21 heavy (non-hydrogen) atoms. The second-order valence-corrected chi connectivity index (χ2v) is 5.85. The highest BCUT2D eigenvalue weighted by Gasteiger charge is 2.27. The van der Waals surface area contributed by atoms with Gasteiger partial charge in [0.1, 0.15) is 0 Å². The lowest BCUT2D eigenvalue weighted by Crippen LogP contribution is -2.07. The fourth-order valence-corrected chi connectivity index (χ4v) is 4.11. The molecule has 0 nitrogen and oxygen atoms in total. The van der Waals surface area contributed by atoms with E-state index in [1.807, 2.05) is 0 Å². The van der Waals surface area contributed by atoms with Gasteiger partial charge in [-0.2, -0.15) is 0 Å². The Morgan fingerprint density at radius 1 is 0.667 bits per heavy atom. The third kappa shape index (κ3) is 2.04. The molecule has 2 aromatic rings. The summed E-state index contributed by atoms with van der Waals surface area (Å²) in [6.07, 6.45) is 6.98. The number of hydrogen-bond acceptors (Lipinski definition) is 0. The summed E-state index contributed by atoms with van der Waals surface area (Å²) in [6.45, 7) is 9.23. The molecule has 1 aliphatic rings. The van der Waals surface area contributed by atoms with Crippen LogP contribution in [0.3, 0.4) is 0 Å². The van der Waals surface area contributed by atoms with Crippen molar-refractivity contribution in [3.63, 3.8) is 0 Å². The minimum absolute atomic E-state index is 1.13. The number of rotatable bonds is 4. The molecule has 0 spiro atoms. The summed E-state index contributed by atoms with van der Waals surface area (Å²) < 4.78 is 0. The second-order valence-electron chi connectivity index (χ2n) is 5.85. The van der Waals surface area contributed by atoms with Gasteiger partial charge in [-0.05, 0) is 70.2 Å². The van der Waals surface area contributed by atoms with Gasteiger partial charge in [0.05, 0.1) is 0 Å². The van der Waals surface area contributed by atoms with E-state index in [-0.39, 0.29) is 0 Å². The van der Waals surface area contributed by atoms with E-state index >= 15 is 0 Å². The SMILES string of the molecule is CCc1c2c(c(CC)c(CC)c1CC)-c1ccccc1[CH]2. The van der Waals surface area contributed by atoms with Gasteiger partial charge >= 0.3 is 0 Å². The van der Waals surface area contributed by atoms with Gasteiger partial charge < -0.3 is 0 Å². The van der Waals surface area contributed by atoms with Crippen molar-refractivity contribution in [2.24, 2.45) is 0 Å². The van der Waals surface area contributed by atoms with E-state index in [0.29, 0.717) is 0 Å². The zero-order valence-electron chi connectivity index (χ0n) is 13.7. The highest BCUT2D eigenvalue weighted by Crippen LogP contribution is 2.45. The molecule has 0 aromatic heterocycles. The maximum Gasteiger partial charge on any atom is 0.0214 e. The Morgan fingerprint density at radius 2 is 1.24 bits per heavy atom. The van der Waals surface area contributed by atoms with Crippen LogP contribution in [0, 0.1) is 6.42 Å². The van der Waals surface area contributed by atoms with Crippen LogP contribution in [-0.2, 0) is 25.7 Å². The Morgan fingerprint density at radius 3 is 1.86 bits per heavy atom. The lowest BCUT2D eigenvalue weighted by atomic mass is 9.82. The van der Waals surface area contributed by atoms with Crippen LogP contribution in [0.4, 0.5) is 0 Å². The lowest BCUT2D eigenvalue weighted by molar-refractivity contribution is 0.942. The quantitative estimate of drug-likeness (QED) is 0.589. The van der Waals surface area contributed by atoms with Crippen molar-refractivity contribution in [2.45, 2.75) is 53.4 Å². The summed E-state index contributed by atoms with van der Waals surface area (Å²) in [5.74, 6) is 0. The highest BCUT2D eigenvalue weighted by atomic mass is 14.3. The molecular formula is C21H25. The molecule has 3 rings (SSSR count). The first-order valence-electron chi connectivity index (χ1n) is 8.40. The molecule has 0 aliphatic heterocycles. The standard InChI is InChI=1S/C21H25/c1-5-15-16(6-2)18(8-4)21-19-12-10-9-11-14(19)13-20(21)17(15)7-3/h9-13H,5-8H2,1-4H3. The monoisotopic (exact) mass is 277 g/mol. The van der Waals surface area contributed by atoms with E-state index in [2.05, 4.69) is 58.4 Å². The zero-order valence-corrected chi connectivity index (χ0v) is 13.7. The number of fused-ring (bicyclic) bond motifs is 3. The molecule has 0 fully saturated rings. The minimum atomic E-state index is 1.13. The molecule has 0 amide bonds. The molecule has 0 saturated carbocycles. The molecule has 0 N–H and O–H groups in total. The third-order valence-electron chi connectivity index (χ3n) is 4.93. The molecule has 0 atom stereocenters. The van der Waals surface area contributed by atoms with Gasteiger partial charge in [-0.15, -0.1) is 0 Å². The molecule has 0 heteroatoms. The first-order chi connectivity index (χ1) is 10.3. The van der Waals surface area contributed by atoms with E-state index < -0.39 is 0 Å². The summed E-state index contributed by atoms with van der Waals surface area (Å²) in [7, 11) is 0. The average Bonchev–Trinajstić information content (AvgIpc) is 2.91. The fraction of sp³-hybridized carbons (Fsp3) is 0.381. The number of hydrogen-bond donors (Lipinski definition) is 0. The maximum absolute atomic E-state index is 2.42. The van der Waals surface area contributed by atoms with Crippen LogP contribution in [0.15, 0.2) is 24.3 Å². The predicted octanol–water partition coefficient (Wildman–Crippen LogP) is 5.52. The first-order valence-corrected chi connectivity index (χ1v) is 8.40. The van der Waals surface area contributed by atoms with Crippen LogP contribution < -0.4 is 0 Å². The van der Waals surface area contributed by atoms with E-state index in [9.17, 15) is 0 Å². The van der Waals surface area contributed by atoms with Crippen LogP contribution in [0.1, 0.15) is 61.1 Å². The average molecular weight is 277 g/mol. The topological polar surface area (TPSA) is 0 Å². The number of benzene rings is 2. The van der Waals surface area contributed by atoms with Crippen molar-refractivity contribution in [2.75, 3.05) is 0 Å². The summed E-state index contributed by atoms with van der Waals surface area (Å²) in [5.41, 5.74) is 12.3. The van der Waals surface area contributed by atoms with Crippen LogP contribution in [-0.4, -0.2) is 0 Å². The molecule has 109 valence electrons. The Hall–Kier alpha value is -1.56. The molecule has 1 aliphatic carbocycles. The van der Waals surface area contributed by atoms with Crippen molar-refractivity contribution in [1.29, 1.82) is 0 Å². The second kappa shape index (κ2) is 5.67. The summed E-state index contributed by atoms with van der Waals surface area (Å²) in [6, 6.07) is 8.87. The van der Waals surface area contributed by atoms with Gasteiger partial charge in [-0.25, -0.2) is 0 Å². The van der Waals surface area contributed by atoms with Crippen LogP contribution in [0.2, 0.25) is 0 Å². The smallest absolute Gasteiger partial charge is 0.0214 e. The van der Waals surface area contributed by atoms with Crippen molar-refractivity contribution in [1.82, 2.24) is 0 Å². The lowest BCUT2D eigenvalue weighted by Gasteiger charge is -2.22. The summed E-state index contributed by atoms with van der Waals surface area (Å²) in [4.78, 5) is 0. The molecular weight excluding hydrogens is 252 g/mol. The Balaban J connectivity index is 2.40. The Kier molecular flexibility index (Phi) is 3.89. The maximum atomic E-state index is 2.42. The Bertz CT molecular complexity index is 677. The van der Waals surface area contributed by atoms with Gasteiger partial charge in [0.15, 0.2) is 0 Å². The Labute approximate surface area is 129 Å². The highest BCUT2D eigenvalue weighted by molar-refractivity contribution is 5.86. The van der Waals surface area contributed by atoms with Crippen LogP contribution in [0.25, 0.3) is 11.1 Å². The zero-order chi connectivity index (χ0) is 15.0. The van der Waals surface area contributed by atoms with E-state index in [1.54, 1.807) is 22.3 Å². The predicted molar refractivity (Wildman–Crippen MR) is 91.9 cm³/mol. The van der Waals surface area contributed by atoms with Crippen LogP contribution in [0.5, 0.6) is 0 Å². The molecule has 0 unspecified atom stereocenters. The van der Waals surface area contributed by atoms with Gasteiger partial charge in [0.25, 0.3) is 0 Å². The van der Waals surface area contributed by atoms with Crippen molar-refractivity contribution >= 4 is 0 Å². The van der Waals surface area contributed by atoms with Crippen molar-refractivity contribution in [3.8, 4) is 11.1 Å². The van der Waals surface area contributed by atoms with E-state index in [1.165, 1.54) is 22.3 Å². The first kappa shape index (κ1) is 14.4. The normalized spacial score (nSPS) is 12.4. The molecule has 0 bridgehead atoms. The molecule has 0 heterocycles. The van der Waals surface area contributed by atoms with Gasteiger partial charge in [-0.1, -0.05) is 52.0 Å². The third-order valence-corrected chi connectivity index (χ3v) is 4.93. The minimum Gasteiger partial charge on any atom is -0.0619 e. The molecule has 2 aromatic carbocycles.